The fourth-order valence-corrected chi connectivity index (χ4v) is 11.7. The number of aryl methyl sites for hydroxylation is 3. The standard InChI is InChI=1S/C57H38BN3O/c1-33-27-34(2)55(35(3)28-33)36-23-26-53-45(29-36)58-46-32-38(60-49-19-10-6-15-41(49)42-16-7-11-20-50(42)60)31-44-43-30-37(59-47-17-8-4-13-39(47)40-14-5-9-18-48(40)59)24-25-51(43)61(57(44)46)52-21-12-22-54(62-53)56(52)58/h4-32H,1-3H3. The van der Waals surface area contributed by atoms with Gasteiger partial charge in [0.15, 0.2) is 0 Å². The van der Waals surface area contributed by atoms with Gasteiger partial charge in [-0.25, -0.2) is 0 Å². The Labute approximate surface area is 358 Å². The summed E-state index contributed by atoms with van der Waals surface area (Å²) in [7, 11) is 0. The zero-order valence-electron chi connectivity index (χ0n) is 34.6. The van der Waals surface area contributed by atoms with E-state index in [4.69, 9.17) is 4.74 Å². The van der Waals surface area contributed by atoms with Crippen LogP contribution in [0.25, 0.3) is 93.6 Å². The summed E-state index contributed by atoms with van der Waals surface area (Å²) in [6, 6.07) is 65.4. The maximum atomic E-state index is 6.94. The molecule has 12 aromatic rings. The predicted octanol–water partition coefficient (Wildman–Crippen LogP) is 12.5. The lowest BCUT2D eigenvalue weighted by atomic mass is 9.34. The maximum absolute atomic E-state index is 6.94. The first-order chi connectivity index (χ1) is 30.5. The summed E-state index contributed by atoms with van der Waals surface area (Å²) in [4.78, 5) is 0. The largest absolute Gasteiger partial charge is 0.458 e. The molecule has 0 radical (unpaired) electrons. The number of hydrogen-bond acceptors (Lipinski definition) is 1. The first kappa shape index (κ1) is 34.0. The number of aromatic nitrogens is 3. The van der Waals surface area contributed by atoms with Crippen molar-refractivity contribution >= 4 is 88.5 Å². The molecule has 0 bridgehead atoms. The van der Waals surface area contributed by atoms with Crippen LogP contribution in [-0.4, -0.2) is 20.4 Å². The van der Waals surface area contributed by atoms with E-state index >= 15 is 0 Å². The van der Waals surface area contributed by atoms with Gasteiger partial charge in [-0.15, -0.1) is 0 Å². The summed E-state index contributed by atoms with van der Waals surface area (Å²) in [5.41, 5.74) is 20.8. The van der Waals surface area contributed by atoms with Crippen LogP contribution < -0.4 is 21.1 Å². The molecular weight excluding hydrogens is 753 g/mol. The molecule has 4 nitrogen and oxygen atoms in total. The van der Waals surface area contributed by atoms with Crippen molar-refractivity contribution in [1.29, 1.82) is 0 Å². The van der Waals surface area contributed by atoms with Crippen molar-refractivity contribution in [2.24, 2.45) is 0 Å². The minimum absolute atomic E-state index is 0.0554. The number of hydrogen-bond donors (Lipinski definition) is 0. The van der Waals surface area contributed by atoms with Crippen LogP contribution in [0.4, 0.5) is 0 Å². The normalized spacial score (nSPS) is 12.9. The van der Waals surface area contributed by atoms with Gasteiger partial charge >= 0.3 is 0 Å². The van der Waals surface area contributed by atoms with Gasteiger partial charge in [-0.05, 0) is 132 Å². The molecule has 3 aromatic heterocycles. The van der Waals surface area contributed by atoms with Crippen molar-refractivity contribution in [2.45, 2.75) is 20.8 Å². The Bertz CT molecular complexity index is 3830. The van der Waals surface area contributed by atoms with Gasteiger partial charge in [0.2, 0.25) is 0 Å². The molecule has 14 rings (SSSR count). The lowest BCUT2D eigenvalue weighted by Crippen LogP contribution is -2.58. The molecule has 2 aliphatic rings. The molecule has 0 spiro atoms. The summed E-state index contributed by atoms with van der Waals surface area (Å²) < 4.78 is 14.4. The molecule has 0 saturated heterocycles. The third-order valence-corrected chi connectivity index (χ3v) is 13.9. The highest BCUT2D eigenvalue weighted by Gasteiger charge is 2.41. The lowest BCUT2D eigenvalue weighted by Gasteiger charge is -2.33. The van der Waals surface area contributed by atoms with Crippen LogP contribution >= 0.6 is 0 Å². The summed E-state index contributed by atoms with van der Waals surface area (Å²) >= 11 is 0. The predicted molar refractivity (Wildman–Crippen MR) is 260 cm³/mol. The van der Waals surface area contributed by atoms with Crippen molar-refractivity contribution in [3.05, 3.63) is 193 Å². The van der Waals surface area contributed by atoms with E-state index in [1.807, 2.05) is 0 Å². The van der Waals surface area contributed by atoms with Crippen molar-refractivity contribution in [3.63, 3.8) is 0 Å². The van der Waals surface area contributed by atoms with Gasteiger partial charge in [0.25, 0.3) is 6.71 Å². The van der Waals surface area contributed by atoms with Gasteiger partial charge < -0.3 is 18.4 Å². The second-order valence-corrected chi connectivity index (χ2v) is 17.5. The zero-order chi connectivity index (χ0) is 41.0. The highest BCUT2D eigenvalue weighted by molar-refractivity contribution is 6.99. The molecule has 0 N–H and O–H groups in total. The molecule has 0 amide bonds. The zero-order valence-corrected chi connectivity index (χ0v) is 34.6. The average molecular weight is 792 g/mol. The molecule has 0 unspecified atom stereocenters. The van der Waals surface area contributed by atoms with Gasteiger partial charge in [-0.2, -0.15) is 0 Å². The second-order valence-electron chi connectivity index (χ2n) is 17.5. The fourth-order valence-electron chi connectivity index (χ4n) is 11.7. The van der Waals surface area contributed by atoms with Gasteiger partial charge in [-0.3, -0.25) is 0 Å². The van der Waals surface area contributed by atoms with Crippen LogP contribution in [-0.2, 0) is 0 Å². The van der Waals surface area contributed by atoms with Crippen LogP contribution in [0.2, 0.25) is 0 Å². The van der Waals surface area contributed by atoms with E-state index in [9.17, 15) is 0 Å². The highest BCUT2D eigenvalue weighted by atomic mass is 16.5. The molecule has 0 atom stereocenters. The molecule has 0 aliphatic carbocycles. The highest BCUT2D eigenvalue weighted by Crippen LogP contribution is 2.42. The van der Waals surface area contributed by atoms with Crippen molar-refractivity contribution in [3.8, 4) is 39.7 Å². The molecule has 0 fully saturated rings. The molecule has 62 heavy (non-hydrogen) atoms. The number of para-hydroxylation sites is 4. The molecule has 5 heterocycles. The number of benzene rings is 9. The monoisotopic (exact) mass is 791 g/mol. The van der Waals surface area contributed by atoms with Gasteiger partial charge in [0.1, 0.15) is 11.5 Å². The summed E-state index contributed by atoms with van der Waals surface area (Å²) in [6.45, 7) is 6.61. The number of rotatable bonds is 3. The number of nitrogens with zero attached hydrogens (tertiary/aromatic N) is 3. The summed E-state index contributed by atoms with van der Waals surface area (Å²) in [6.07, 6.45) is 0. The molecule has 9 aromatic carbocycles. The van der Waals surface area contributed by atoms with Gasteiger partial charge in [0.05, 0.1) is 27.6 Å². The van der Waals surface area contributed by atoms with Gasteiger partial charge in [0, 0.05) is 54.9 Å². The molecule has 0 saturated carbocycles. The van der Waals surface area contributed by atoms with Crippen LogP contribution in [0.1, 0.15) is 16.7 Å². The topological polar surface area (TPSA) is 24.0 Å². The minimum atomic E-state index is -0.0554. The van der Waals surface area contributed by atoms with Crippen molar-refractivity contribution in [1.82, 2.24) is 13.7 Å². The first-order valence-electron chi connectivity index (χ1n) is 21.6. The van der Waals surface area contributed by atoms with E-state index < -0.39 is 0 Å². The molecule has 5 heteroatoms. The molecule has 290 valence electrons. The Kier molecular flexibility index (Phi) is 6.68. The first-order valence-corrected chi connectivity index (χ1v) is 21.6. The second kappa shape index (κ2) is 12.2. The Balaban J connectivity index is 1.12. The van der Waals surface area contributed by atoms with E-state index in [0.29, 0.717) is 0 Å². The van der Waals surface area contributed by atoms with Gasteiger partial charge in [-0.1, -0.05) is 109 Å². The Hall–Kier alpha value is -7.76. The van der Waals surface area contributed by atoms with Crippen LogP contribution in [0.3, 0.4) is 0 Å². The maximum Gasteiger partial charge on any atom is 0.256 e. The van der Waals surface area contributed by atoms with E-state index in [-0.39, 0.29) is 6.71 Å². The SMILES string of the molecule is Cc1cc(C)c(-c2ccc3c(c2)B2c4c(cccc4-n4c5ccc(-n6c7ccccc7c7ccccc76)cc5c5cc(-n6c7ccccc7c7ccccc76)cc2c54)O3)c(C)c1. The quantitative estimate of drug-likeness (QED) is 0.164. The Morgan fingerprint density at radius 2 is 0.968 bits per heavy atom. The van der Waals surface area contributed by atoms with E-state index in [2.05, 4.69) is 210 Å². The summed E-state index contributed by atoms with van der Waals surface area (Å²) in [5.74, 6) is 1.83. The minimum Gasteiger partial charge on any atom is -0.458 e. The van der Waals surface area contributed by atoms with E-state index in [1.165, 1.54) is 115 Å². The smallest absolute Gasteiger partial charge is 0.256 e. The lowest BCUT2D eigenvalue weighted by molar-refractivity contribution is 0.487. The van der Waals surface area contributed by atoms with E-state index in [1.54, 1.807) is 0 Å². The third kappa shape index (κ3) is 4.42. The van der Waals surface area contributed by atoms with Crippen LogP contribution in [0.15, 0.2) is 176 Å². The Morgan fingerprint density at radius 3 is 1.60 bits per heavy atom. The molecule has 2 aliphatic heterocycles. The number of ether oxygens (including phenoxy) is 1. The van der Waals surface area contributed by atoms with E-state index in [0.717, 1.165) is 22.9 Å². The number of fused-ring (bicyclic) bond motifs is 13. The molecular formula is C57H38BN3O. The van der Waals surface area contributed by atoms with Crippen molar-refractivity contribution < 1.29 is 4.74 Å². The van der Waals surface area contributed by atoms with Crippen LogP contribution in [0, 0.1) is 20.8 Å². The summed E-state index contributed by atoms with van der Waals surface area (Å²) in [5, 5.41) is 7.49. The van der Waals surface area contributed by atoms with Crippen molar-refractivity contribution in [2.75, 3.05) is 0 Å². The van der Waals surface area contributed by atoms with Crippen LogP contribution in [0.5, 0.6) is 11.5 Å². The third-order valence-electron chi connectivity index (χ3n) is 13.9. The fraction of sp³-hybridized carbons (Fsp3) is 0.0526. The Morgan fingerprint density at radius 1 is 0.403 bits per heavy atom. The average Bonchev–Trinajstić information content (AvgIpc) is 3.93.